The Morgan fingerprint density at radius 1 is 1.28 bits per heavy atom. The summed E-state index contributed by atoms with van der Waals surface area (Å²) in [6.07, 6.45) is 16.9. The van der Waals surface area contributed by atoms with Crippen LogP contribution in [0.15, 0.2) is 35.5 Å². The van der Waals surface area contributed by atoms with Gasteiger partial charge in [0.25, 0.3) is 0 Å². The summed E-state index contributed by atoms with van der Waals surface area (Å²) < 4.78 is 0. The molecule has 0 aromatic carbocycles. The van der Waals surface area contributed by atoms with Crippen molar-refractivity contribution in [1.29, 1.82) is 0 Å². The van der Waals surface area contributed by atoms with Crippen molar-refractivity contribution in [2.75, 3.05) is 0 Å². The van der Waals surface area contributed by atoms with E-state index in [0.29, 0.717) is 5.92 Å². The van der Waals surface area contributed by atoms with Crippen LogP contribution >= 0.6 is 0 Å². The Kier molecular flexibility index (Phi) is 7.08. The lowest BCUT2D eigenvalue weighted by Crippen LogP contribution is -2.00. The Morgan fingerprint density at radius 2 is 2.06 bits per heavy atom. The monoisotopic (exact) mass is 246 g/mol. The molecule has 1 aliphatic carbocycles. The molecule has 0 aromatic heterocycles. The molecule has 0 amide bonds. The van der Waals surface area contributed by atoms with E-state index in [1.807, 2.05) is 0 Å². The zero-order chi connectivity index (χ0) is 13.4. The van der Waals surface area contributed by atoms with Crippen molar-refractivity contribution in [3.8, 4) is 0 Å². The molecular formula is C18H30. The molecule has 1 rings (SSSR count). The average Bonchev–Trinajstić information content (AvgIpc) is 2.83. The molecule has 0 aliphatic heterocycles. The lowest BCUT2D eigenvalue weighted by atomic mass is 9.90. The molecule has 0 heterocycles. The molecular weight excluding hydrogens is 216 g/mol. The second kappa shape index (κ2) is 8.34. The van der Waals surface area contributed by atoms with Crippen LogP contribution in [0.1, 0.15) is 66.2 Å². The van der Waals surface area contributed by atoms with Crippen LogP contribution in [-0.2, 0) is 0 Å². The van der Waals surface area contributed by atoms with E-state index in [2.05, 4.69) is 52.0 Å². The molecule has 0 nitrogen and oxygen atoms in total. The minimum absolute atomic E-state index is 0.711. The van der Waals surface area contributed by atoms with Gasteiger partial charge in [-0.1, -0.05) is 57.6 Å². The molecule has 1 aliphatic rings. The Balaban J connectivity index is 2.41. The fraction of sp³-hybridized carbons (Fsp3) is 0.667. The smallest absolute Gasteiger partial charge is 0.0191 e. The summed E-state index contributed by atoms with van der Waals surface area (Å²) in [5.74, 6) is 1.53. The molecule has 0 fully saturated rings. The van der Waals surface area contributed by atoms with E-state index in [9.17, 15) is 0 Å². The van der Waals surface area contributed by atoms with Crippen molar-refractivity contribution in [3.05, 3.63) is 35.5 Å². The summed E-state index contributed by atoms with van der Waals surface area (Å²) in [5, 5.41) is 0. The van der Waals surface area contributed by atoms with Crippen LogP contribution in [0.2, 0.25) is 0 Å². The van der Waals surface area contributed by atoms with Gasteiger partial charge in [-0.05, 0) is 55.9 Å². The van der Waals surface area contributed by atoms with Crippen molar-refractivity contribution < 1.29 is 0 Å². The second-order valence-electron chi connectivity index (χ2n) is 5.92. The van der Waals surface area contributed by atoms with Crippen molar-refractivity contribution in [1.82, 2.24) is 0 Å². The molecule has 0 saturated heterocycles. The maximum absolute atomic E-state index is 2.39. The third kappa shape index (κ3) is 5.25. The van der Waals surface area contributed by atoms with Gasteiger partial charge < -0.3 is 0 Å². The van der Waals surface area contributed by atoms with Gasteiger partial charge in [0.05, 0.1) is 0 Å². The van der Waals surface area contributed by atoms with Crippen LogP contribution in [0.3, 0.4) is 0 Å². The minimum atomic E-state index is 0.711. The lowest BCUT2D eigenvalue weighted by molar-refractivity contribution is 0.592. The standard InChI is InChI=1S/C18H30/c1-5-18(17-13-9-10-14-17)16(4)12-8-6-7-11-15(2)3/h6,8-9,13,15-16H,5,7,10-12,14H2,1-4H3. The summed E-state index contributed by atoms with van der Waals surface area (Å²) in [5.41, 5.74) is 3.29. The van der Waals surface area contributed by atoms with Crippen LogP contribution in [0.25, 0.3) is 0 Å². The first-order valence-electron chi connectivity index (χ1n) is 7.68. The number of rotatable bonds is 7. The van der Waals surface area contributed by atoms with Gasteiger partial charge in [0.1, 0.15) is 0 Å². The number of allylic oxidation sites excluding steroid dienone is 6. The van der Waals surface area contributed by atoms with E-state index in [0.717, 1.165) is 5.92 Å². The molecule has 0 N–H and O–H groups in total. The van der Waals surface area contributed by atoms with Gasteiger partial charge in [0.2, 0.25) is 0 Å². The summed E-state index contributed by atoms with van der Waals surface area (Å²) in [4.78, 5) is 0. The third-order valence-corrected chi connectivity index (χ3v) is 3.85. The molecule has 1 atom stereocenters. The number of hydrogen-bond acceptors (Lipinski definition) is 0. The van der Waals surface area contributed by atoms with Gasteiger partial charge in [-0.15, -0.1) is 0 Å². The quantitative estimate of drug-likeness (QED) is 0.479. The van der Waals surface area contributed by atoms with E-state index in [1.54, 1.807) is 11.1 Å². The van der Waals surface area contributed by atoms with Crippen molar-refractivity contribution >= 4 is 0 Å². The van der Waals surface area contributed by atoms with Crippen LogP contribution in [0, 0.1) is 11.8 Å². The fourth-order valence-electron chi connectivity index (χ4n) is 2.70. The Bertz CT molecular complexity index is 315. The first-order valence-corrected chi connectivity index (χ1v) is 7.68. The van der Waals surface area contributed by atoms with Crippen LogP contribution in [-0.4, -0.2) is 0 Å². The van der Waals surface area contributed by atoms with Crippen molar-refractivity contribution in [2.45, 2.75) is 66.2 Å². The van der Waals surface area contributed by atoms with Gasteiger partial charge >= 0.3 is 0 Å². The van der Waals surface area contributed by atoms with Gasteiger partial charge in [-0.3, -0.25) is 0 Å². The molecule has 0 heteroatoms. The first-order chi connectivity index (χ1) is 8.65. The summed E-state index contributed by atoms with van der Waals surface area (Å²) >= 11 is 0. The van der Waals surface area contributed by atoms with Crippen molar-refractivity contribution in [3.63, 3.8) is 0 Å². The highest BCUT2D eigenvalue weighted by atomic mass is 14.2. The zero-order valence-corrected chi connectivity index (χ0v) is 12.7. The normalized spacial score (nSPS) is 20.1. The highest BCUT2D eigenvalue weighted by Crippen LogP contribution is 2.28. The van der Waals surface area contributed by atoms with Gasteiger partial charge in [-0.25, -0.2) is 0 Å². The predicted molar refractivity (Wildman–Crippen MR) is 82.7 cm³/mol. The molecule has 0 aromatic rings. The lowest BCUT2D eigenvalue weighted by Gasteiger charge is -2.15. The highest BCUT2D eigenvalue weighted by molar-refractivity contribution is 5.31. The third-order valence-electron chi connectivity index (χ3n) is 3.85. The Morgan fingerprint density at radius 3 is 2.61 bits per heavy atom. The van der Waals surface area contributed by atoms with Gasteiger partial charge in [0, 0.05) is 0 Å². The fourth-order valence-corrected chi connectivity index (χ4v) is 2.70. The van der Waals surface area contributed by atoms with Crippen LogP contribution < -0.4 is 0 Å². The summed E-state index contributed by atoms with van der Waals surface area (Å²) in [7, 11) is 0. The SMILES string of the molecule is CCC(=C1C=CCC1)C(C)CC=CCCC(C)C. The van der Waals surface area contributed by atoms with E-state index in [-0.39, 0.29) is 0 Å². The second-order valence-corrected chi connectivity index (χ2v) is 5.92. The molecule has 18 heavy (non-hydrogen) atoms. The summed E-state index contributed by atoms with van der Waals surface area (Å²) in [6, 6.07) is 0. The Labute approximate surface area is 114 Å². The summed E-state index contributed by atoms with van der Waals surface area (Å²) in [6.45, 7) is 9.27. The predicted octanol–water partition coefficient (Wildman–Crippen LogP) is 6.06. The van der Waals surface area contributed by atoms with Crippen LogP contribution in [0.4, 0.5) is 0 Å². The zero-order valence-electron chi connectivity index (χ0n) is 12.7. The highest BCUT2D eigenvalue weighted by Gasteiger charge is 2.11. The maximum Gasteiger partial charge on any atom is -0.0191 e. The molecule has 0 bridgehead atoms. The molecule has 102 valence electrons. The molecule has 0 saturated carbocycles. The van der Waals surface area contributed by atoms with E-state index in [1.165, 1.54) is 38.5 Å². The topological polar surface area (TPSA) is 0 Å². The Hall–Kier alpha value is -0.780. The van der Waals surface area contributed by atoms with Crippen molar-refractivity contribution in [2.24, 2.45) is 11.8 Å². The molecule has 0 spiro atoms. The molecule has 1 unspecified atom stereocenters. The van der Waals surface area contributed by atoms with E-state index >= 15 is 0 Å². The van der Waals surface area contributed by atoms with E-state index < -0.39 is 0 Å². The number of hydrogen-bond donors (Lipinski definition) is 0. The van der Waals surface area contributed by atoms with Crippen LogP contribution in [0.5, 0.6) is 0 Å². The van der Waals surface area contributed by atoms with Gasteiger partial charge in [-0.2, -0.15) is 0 Å². The minimum Gasteiger partial charge on any atom is -0.0885 e. The van der Waals surface area contributed by atoms with E-state index in [4.69, 9.17) is 0 Å². The van der Waals surface area contributed by atoms with Gasteiger partial charge in [0.15, 0.2) is 0 Å². The first kappa shape index (κ1) is 15.3. The maximum atomic E-state index is 2.39. The average molecular weight is 246 g/mol. The largest absolute Gasteiger partial charge is 0.0885 e. The molecule has 0 radical (unpaired) electrons.